The fourth-order valence-corrected chi connectivity index (χ4v) is 4.72. The van der Waals surface area contributed by atoms with E-state index in [9.17, 15) is 4.79 Å². The molecular formula is C25H29N3OS. The number of nitrogens with zero attached hydrogens (tertiary/aromatic N) is 2. The number of carbonyl (C=O) groups is 1. The summed E-state index contributed by atoms with van der Waals surface area (Å²) in [5, 5.41) is 7.55. The normalized spacial score (nSPS) is 16.3. The van der Waals surface area contributed by atoms with Crippen LogP contribution in [0.3, 0.4) is 0 Å². The third kappa shape index (κ3) is 4.98. The molecule has 4 nitrogen and oxygen atoms in total. The SMILES string of the molecule is Cc1ccc(C)c(NC(=O)C(c2ccccc2)N2CCN(Cc3ccsc3)CC2)c1. The van der Waals surface area contributed by atoms with Crippen LogP contribution in [0.2, 0.25) is 0 Å². The second-order valence-electron chi connectivity index (χ2n) is 8.06. The van der Waals surface area contributed by atoms with Gasteiger partial charge in [-0.1, -0.05) is 42.5 Å². The third-order valence-electron chi connectivity index (χ3n) is 5.77. The molecule has 2 aromatic carbocycles. The minimum Gasteiger partial charge on any atom is -0.324 e. The molecule has 156 valence electrons. The number of carbonyl (C=O) groups excluding carboxylic acids is 1. The Morgan fingerprint density at radius 3 is 2.50 bits per heavy atom. The Morgan fingerprint density at radius 2 is 1.80 bits per heavy atom. The number of thiophene rings is 1. The molecular weight excluding hydrogens is 390 g/mol. The molecule has 30 heavy (non-hydrogen) atoms. The number of anilines is 1. The van der Waals surface area contributed by atoms with Gasteiger partial charge in [-0.2, -0.15) is 11.3 Å². The van der Waals surface area contributed by atoms with Crippen molar-refractivity contribution in [2.75, 3.05) is 31.5 Å². The molecule has 0 radical (unpaired) electrons. The van der Waals surface area contributed by atoms with Crippen molar-refractivity contribution in [2.45, 2.75) is 26.4 Å². The van der Waals surface area contributed by atoms with E-state index in [1.165, 1.54) is 5.56 Å². The summed E-state index contributed by atoms with van der Waals surface area (Å²) >= 11 is 1.75. The molecule has 0 bridgehead atoms. The van der Waals surface area contributed by atoms with Crippen LogP contribution in [0.5, 0.6) is 0 Å². The van der Waals surface area contributed by atoms with Gasteiger partial charge in [0.25, 0.3) is 0 Å². The second kappa shape index (κ2) is 9.56. The molecule has 0 spiro atoms. The first-order valence-corrected chi connectivity index (χ1v) is 11.4. The maximum atomic E-state index is 13.4. The Hall–Kier alpha value is -2.47. The molecule has 1 atom stereocenters. The Labute approximate surface area is 183 Å². The standard InChI is InChI=1S/C25H29N3OS/c1-19-8-9-20(2)23(16-19)26-25(29)24(22-6-4-3-5-7-22)28-13-11-27(12-14-28)17-21-10-15-30-18-21/h3-10,15-16,18,24H,11-14,17H2,1-2H3,(H,26,29). The van der Waals surface area contributed by atoms with E-state index in [1.54, 1.807) is 11.3 Å². The fraction of sp³-hybridized carbons (Fsp3) is 0.320. The van der Waals surface area contributed by atoms with Crippen molar-refractivity contribution in [2.24, 2.45) is 0 Å². The summed E-state index contributed by atoms with van der Waals surface area (Å²) in [5.41, 5.74) is 5.56. The molecule has 1 unspecified atom stereocenters. The van der Waals surface area contributed by atoms with Gasteiger partial charge in [0.1, 0.15) is 6.04 Å². The van der Waals surface area contributed by atoms with E-state index in [2.05, 4.69) is 63.1 Å². The van der Waals surface area contributed by atoms with Crippen molar-refractivity contribution in [3.05, 3.63) is 87.6 Å². The van der Waals surface area contributed by atoms with Gasteiger partial charge >= 0.3 is 0 Å². The topological polar surface area (TPSA) is 35.6 Å². The lowest BCUT2D eigenvalue weighted by Crippen LogP contribution is -2.49. The molecule has 5 heteroatoms. The van der Waals surface area contributed by atoms with E-state index in [4.69, 9.17) is 0 Å². The molecule has 1 fully saturated rings. The van der Waals surface area contributed by atoms with Crippen molar-refractivity contribution in [3.63, 3.8) is 0 Å². The van der Waals surface area contributed by atoms with E-state index in [0.29, 0.717) is 0 Å². The molecule has 1 N–H and O–H groups in total. The largest absolute Gasteiger partial charge is 0.324 e. The van der Waals surface area contributed by atoms with E-state index in [1.807, 2.05) is 31.2 Å². The van der Waals surface area contributed by atoms with Gasteiger partial charge in [-0.3, -0.25) is 14.6 Å². The number of rotatable bonds is 6. The van der Waals surface area contributed by atoms with Gasteiger partial charge in [-0.05, 0) is 59.0 Å². The quantitative estimate of drug-likeness (QED) is 0.620. The molecule has 1 aromatic heterocycles. The zero-order valence-electron chi connectivity index (χ0n) is 17.7. The molecule has 4 rings (SSSR count). The molecule has 0 saturated carbocycles. The highest BCUT2D eigenvalue weighted by Gasteiger charge is 2.30. The predicted octanol–water partition coefficient (Wildman–Crippen LogP) is 4.86. The minimum absolute atomic E-state index is 0.0428. The fourth-order valence-electron chi connectivity index (χ4n) is 4.06. The number of hydrogen-bond donors (Lipinski definition) is 1. The van der Waals surface area contributed by atoms with Crippen LogP contribution < -0.4 is 5.32 Å². The number of piperazine rings is 1. The molecule has 2 heterocycles. The zero-order chi connectivity index (χ0) is 20.9. The molecule has 1 saturated heterocycles. The Morgan fingerprint density at radius 1 is 1.03 bits per heavy atom. The summed E-state index contributed by atoms with van der Waals surface area (Å²) in [7, 11) is 0. The van der Waals surface area contributed by atoms with Gasteiger partial charge in [-0.15, -0.1) is 0 Å². The van der Waals surface area contributed by atoms with Crippen LogP contribution in [-0.4, -0.2) is 41.9 Å². The smallest absolute Gasteiger partial charge is 0.246 e. The van der Waals surface area contributed by atoms with Crippen LogP contribution in [0, 0.1) is 13.8 Å². The van der Waals surface area contributed by atoms with Crippen LogP contribution in [0.15, 0.2) is 65.4 Å². The zero-order valence-corrected chi connectivity index (χ0v) is 18.5. The van der Waals surface area contributed by atoms with Gasteiger partial charge < -0.3 is 5.32 Å². The van der Waals surface area contributed by atoms with Gasteiger partial charge in [0.15, 0.2) is 0 Å². The minimum atomic E-state index is -0.283. The van der Waals surface area contributed by atoms with Gasteiger partial charge in [0.05, 0.1) is 0 Å². The Bertz CT molecular complexity index is 963. The maximum absolute atomic E-state index is 13.4. The lowest BCUT2D eigenvalue weighted by molar-refractivity contribution is -0.122. The van der Waals surface area contributed by atoms with Crippen LogP contribution in [0.25, 0.3) is 0 Å². The van der Waals surface area contributed by atoms with Gasteiger partial charge in [-0.25, -0.2) is 0 Å². The van der Waals surface area contributed by atoms with E-state index in [-0.39, 0.29) is 11.9 Å². The first-order valence-electron chi connectivity index (χ1n) is 10.5. The third-order valence-corrected chi connectivity index (χ3v) is 6.50. The van der Waals surface area contributed by atoms with Crippen molar-refractivity contribution < 1.29 is 4.79 Å². The Kier molecular flexibility index (Phi) is 6.62. The molecule has 1 amide bonds. The highest BCUT2D eigenvalue weighted by atomic mass is 32.1. The first-order chi connectivity index (χ1) is 14.6. The summed E-state index contributed by atoms with van der Waals surface area (Å²) < 4.78 is 0. The van der Waals surface area contributed by atoms with Crippen molar-refractivity contribution in [3.8, 4) is 0 Å². The second-order valence-corrected chi connectivity index (χ2v) is 8.84. The number of nitrogens with one attached hydrogen (secondary N) is 1. The van der Waals surface area contributed by atoms with Gasteiger partial charge in [0.2, 0.25) is 5.91 Å². The molecule has 3 aromatic rings. The summed E-state index contributed by atoms with van der Waals surface area (Å²) in [4.78, 5) is 18.2. The summed E-state index contributed by atoms with van der Waals surface area (Å²) in [6, 6.07) is 18.3. The molecule has 1 aliphatic rings. The van der Waals surface area contributed by atoms with Gasteiger partial charge in [0, 0.05) is 38.4 Å². The van der Waals surface area contributed by atoms with E-state index in [0.717, 1.165) is 55.1 Å². The van der Waals surface area contributed by atoms with Crippen LogP contribution >= 0.6 is 11.3 Å². The average molecular weight is 420 g/mol. The molecule has 1 aliphatic heterocycles. The van der Waals surface area contributed by atoms with Crippen molar-refractivity contribution >= 4 is 22.9 Å². The van der Waals surface area contributed by atoms with Crippen molar-refractivity contribution in [1.82, 2.24) is 9.80 Å². The average Bonchev–Trinajstić information content (AvgIpc) is 3.26. The maximum Gasteiger partial charge on any atom is 0.246 e. The lowest BCUT2D eigenvalue weighted by atomic mass is 10.0. The number of aryl methyl sites for hydroxylation is 2. The van der Waals surface area contributed by atoms with Crippen LogP contribution in [-0.2, 0) is 11.3 Å². The highest BCUT2D eigenvalue weighted by molar-refractivity contribution is 7.07. The summed E-state index contributed by atoms with van der Waals surface area (Å²) in [6.07, 6.45) is 0. The van der Waals surface area contributed by atoms with E-state index < -0.39 is 0 Å². The summed E-state index contributed by atoms with van der Waals surface area (Å²) in [5.74, 6) is 0.0428. The Balaban J connectivity index is 1.49. The number of amides is 1. The van der Waals surface area contributed by atoms with Crippen LogP contribution in [0.4, 0.5) is 5.69 Å². The first kappa shape index (κ1) is 20.8. The monoisotopic (exact) mass is 419 g/mol. The summed E-state index contributed by atoms with van der Waals surface area (Å²) in [6.45, 7) is 8.77. The lowest BCUT2D eigenvalue weighted by Gasteiger charge is -2.38. The van der Waals surface area contributed by atoms with Crippen LogP contribution in [0.1, 0.15) is 28.3 Å². The number of benzene rings is 2. The molecule has 0 aliphatic carbocycles. The predicted molar refractivity (Wildman–Crippen MR) is 125 cm³/mol. The van der Waals surface area contributed by atoms with E-state index >= 15 is 0 Å². The van der Waals surface area contributed by atoms with Crippen molar-refractivity contribution in [1.29, 1.82) is 0 Å². The highest BCUT2D eigenvalue weighted by Crippen LogP contribution is 2.26. The number of hydrogen-bond acceptors (Lipinski definition) is 4.